The Kier molecular flexibility index (Phi) is 4.37. The van der Waals surface area contributed by atoms with E-state index in [1.165, 1.54) is 11.1 Å². The Balaban J connectivity index is 2.20. The highest BCUT2D eigenvalue weighted by Gasteiger charge is 2.08. The SMILES string of the molecule is CNc1c(C=N)nc(NCc2ccc(C)c(C)c2)[nH]c1=O. The average molecular weight is 285 g/mol. The molecule has 2 aromatic rings. The molecule has 1 aromatic carbocycles. The number of aromatic nitrogens is 2. The molecule has 0 atom stereocenters. The van der Waals surface area contributed by atoms with Gasteiger partial charge < -0.3 is 16.0 Å². The van der Waals surface area contributed by atoms with Gasteiger partial charge in [0.15, 0.2) is 0 Å². The lowest BCUT2D eigenvalue weighted by Crippen LogP contribution is -2.19. The summed E-state index contributed by atoms with van der Waals surface area (Å²) < 4.78 is 0. The molecule has 0 amide bonds. The van der Waals surface area contributed by atoms with Crippen LogP contribution in [0.25, 0.3) is 0 Å². The van der Waals surface area contributed by atoms with Gasteiger partial charge in [0.1, 0.15) is 11.4 Å². The molecular formula is C15H19N5O. The summed E-state index contributed by atoms with van der Waals surface area (Å²) in [6.07, 6.45) is 1.06. The first-order chi connectivity index (χ1) is 10.0. The molecule has 0 spiro atoms. The summed E-state index contributed by atoms with van der Waals surface area (Å²) in [6, 6.07) is 6.20. The monoisotopic (exact) mass is 285 g/mol. The van der Waals surface area contributed by atoms with Crippen molar-refractivity contribution in [3.63, 3.8) is 0 Å². The summed E-state index contributed by atoms with van der Waals surface area (Å²) in [5.74, 6) is 0.357. The molecule has 1 heterocycles. The third-order valence-electron chi connectivity index (χ3n) is 3.37. The van der Waals surface area contributed by atoms with Gasteiger partial charge in [-0.3, -0.25) is 9.78 Å². The van der Waals surface area contributed by atoms with E-state index in [-0.39, 0.29) is 5.56 Å². The van der Waals surface area contributed by atoms with Crippen molar-refractivity contribution in [3.05, 3.63) is 50.9 Å². The summed E-state index contributed by atoms with van der Waals surface area (Å²) in [5.41, 5.74) is 3.88. The molecule has 6 heteroatoms. The normalized spacial score (nSPS) is 10.2. The van der Waals surface area contributed by atoms with Gasteiger partial charge in [0.2, 0.25) is 5.95 Å². The Morgan fingerprint density at radius 1 is 1.33 bits per heavy atom. The average Bonchev–Trinajstić information content (AvgIpc) is 2.47. The lowest BCUT2D eigenvalue weighted by molar-refractivity contribution is 1.03. The number of H-pyrrole nitrogens is 1. The van der Waals surface area contributed by atoms with Crippen molar-refractivity contribution < 1.29 is 0 Å². The number of hydrogen-bond donors (Lipinski definition) is 4. The topological polar surface area (TPSA) is 93.7 Å². The standard InChI is InChI=1S/C15H19N5O/c1-9-4-5-11(6-10(9)2)8-18-15-19-12(7-16)13(17-3)14(21)20-15/h4-7,16-17H,8H2,1-3H3,(H2,18,19,20,21). The second kappa shape index (κ2) is 6.21. The molecular weight excluding hydrogens is 266 g/mol. The van der Waals surface area contributed by atoms with E-state index in [9.17, 15) is 4.79 Å². The Labute approximate surface area is 123 Å². The number of anilines is 2. The number of nitrogens with zero attached hydrogens (tertiary/aromatic N) is 1. The lowest BCUT2D eigenvalue weighted by atomic mass is 10.1. The van der Waals surface area contributed by atoms with Crippen molar-refractivity contribution in [3.8, 4) is 0 Å². The Bertz CT molecular complexity index is 720. The molecule has 0 unspecified atom stereocenters. The molecule has 110 valence electrons. The van der Waals surface area contributed by atoms with Crippen LogP contribution in [0.3, 0.4) is 0 Å². The molecule has 0 saturated heterocycles. The van der Waals surface area contributed by atoms with Gasteiger partial charge in [-0.2, -0.15) is 0 Å². The molecule has 1 aromatic heterocycles. The van der Waals surface area contributed by atoms with Gasteiger partial charge in [0.05, 0.1) is 0 Å². The molecule has 21 heavy (non-hydrogen) atoms. The highest BCUT2D eigenvalue weighted by Crippen LogP contribution is 2.11. The summed E-state index contributed by atoms with van der Waals surface area (Å²) in [7, 11) is 1.63. The van der Waals surface area contributed by atoms with Gasteiger partial charge in [-0.25, -0.2) is 4.98 Å². The third-order valence-corrected chi connectivity index (χ3v) is 3.37. The summed E-state index contributed by atoms with van der Waals surface area (Å²) in [6.45, 7) is 4.69. The number of benzene rings is 1. The summed E-state index contributed by atoms with van der Waals surface area (Å²) >= 11 is 0. The van der Waals surface area contributed by atoms with E-state index in [2.05, 4.69) is 46.6 Å². The van der Waals surface area contributed by atoms with Gasteiger partial charge in [-0.05, 0) is 30.5 Å². The van der Waals surface area contributed by atoms with E-state index in [4.69, 9.17) is 5.41 Å². The Hall–Kier alpha value is -2.63. The van der Waals surface area contributed by atoms with E-state index in [0.29, 0.717) is 23.9 Å². The van der Waals surface area contributed by atoms with Gasteiger partial charge >= 0.3 is 0 Å². The largest absolute Gasteiger partial charge is 0.382 e. The minimum Gasteiger partial charge on any atom is -0.382 e. The highest BCUT2D eigenvalue weighted by molar-refractivity contribution is 5.83. The minimum absolute atomic E-state index is 0.293. The molecule has 0 fully saturated rings. The molecule has 0 aliphatic heterocycles. The molecule has 2 rings (SSSR count). The fraction of sp³-hybridized carbons (Fsp3) is 0.267. The molecule has 0 aliphatic carbocycles. The summed E-state index contributed by atoms with van der Waals surface area (Å²) in [5, 5.41) is 13.1. The van der Waals surface area contributed by atoms with Crippen LogP contribution in [-0.2, 0) is 6.54 Å². The first-order valence-corrected chi connectivity index (χ1v) is 6.67. The smallest absolute Gasteiger partial charge is 0.276 e. The predicted octanol–water partition coefficient (Wildman–Crippen LogP) is 2.04. The van der Waals surface area contributed by atoms with Crippen LogP contribution in [0.2, 0.25) is 0 Å². The van der Waals surface area contributed by atoms with Gasteiger partial charge in [0.25, 0.3) is 5.56 Å². The van der Waals surface area contributed by atoms with E-state index in [1.807, 2.05) is 6.07 Å². The lowest BCUT2D eigenvalue weighted by Gasteiger charge is -2.10. The quantitative estimate of drug-likeness (QED) is 0.632. The van der Waals surface area contributed by atoms with Crippen LogP contribution in [0.15, 0.2) is 23.0 Å². The van der Waals surface area contributed by atoms with E-state index >= 15 is 0 Å². The van der Waals surface area contributed by atoms with Crippen LogP contribution in [-0.4, -0.2) is 23.2 Å². The van der Waals surface area contributed by atoms with E-state index in [0.717, 1.165) is 11.8 Å². The van der Waals surface area contributed by atoms with Crippen LogP contribution in [0, 0.1) is 19.3 Å². The molecule has 0 saturated carbocycles. The molecule has 0 bridgehead atoms. The number of hydrogen-bond acceptors (Lipinski definition) is 5. The molecule has 4 N–H and O–H groups in total. The maximum atomic E-state index is 11.9. The molecule has 6 nitrogen and oxygen atoms in total. The van der Waals surface area contributed by atoms with Crippen LogP contribution >= 0.6 is 0 Å². The minimum atomic E-state index is -0.298. The Morgan fingerprint density at radius 2 is 2.10 bits per heavy atom. The van der Waals surface area contributed by atoms with Crippen LogP contribution in [0.5, 0.6) is 0 Å². The number of rotatable bonds is 5. The number of aryl methyl sites for hydroxylation is 2. The first kappa shape index (κ1) is 14.8. The molecule has 0 radical (unpaired) electrons. The van der Waals surface area contributed by atoms with Crippen molar-refractivity contribution in [2.24, 2.45) is 0 Å². The number of aromatic amines is 1. The fourth-order valence-corrected chi connectivity index (χ4v) is 2.02. The zero-order valence-electron chi connectivity index (χ0n) is 12.4. The van der Waals surface area contributed by atoms with Crippen molar-refractivity contribution in [2.45, 2.75) is 20.4 Å². The maximum absolute atomic E-state index is 11.9. The van der Waals surface area contributed by atoms with Crippen molar-refractivity contribution in [1.29, 1.82) is 5.41 Å². The van der Waals surface area contributed by atoms with Crippen LogP contribution < -0.4 is 16.2 Å². The fourth-order valence-electron chi connectivity index (χ4n) is 2.02. The highest BCUT2D eigenvalue weighted by atomic mass is 16.1. The third kappa shape index (κ3) is 3.28. The van der Waals surface area contributed by atoms with Gasteiger partial charge in [-0.15, -0.1) is 0 Å². The number of nitrogens with one attached hydrogen (secondary N) is 4. The van der Waals surface area contributed by atoms with Crippen LogP contribution in [0.4, 0.5) is 11.6 Å². The second-order valence-corrected chi connectivity index (χ2v) is 4.84. The van der Waals surface area contributed by atoms with E-state index in [1.54, 1.807) is 7.05 Å². The second-order valence-electron chi connectivity index (χ2n) is 4.84. The van der Waals surface area contributed by atoms with Gasteiger partial charge in [0, 0.05) is 19.8 Å². The van der Waals surface area contributed by atoms with E-state index < -0.39 is 0 Å². The zero-order chi connectivity index (χ0) is 15.4. The van der Waals surface area contributed by atoms with Crippen molar-refractivity contribution in [1.82, 2.24) is 9.97 Å². The van der Waals surface area contributed by atoms with Crippen molar-refractivity contribution >= 4 is 17.9 Å². The first-order valence-electron chi connectivity index (χ1n) is 6.67. The van der Waals surface area contributed by atoms with Gasteiger partial charge in [-0.1, -0.05) is 18.2 Å². The molecule has 0 aliphatic rings. The zero-order valence-corrected chi connectivity index (χ0v) is 12.4. The Morgan fingerprint density at radius 3 is 2.71 bits per heavy atom. The maximum Gasteiger partial charge on any atom is 0.276 e. The van der Waals surface area contributed by atoms with Crippen LogP contribution in [0.1, 0.15) is 22.4 Å². The predicted molar refractivity (Wildman–Crippen MR) is 85.5 cm³/mol. The summed E-state index contributed by atoms with van der Waals surface area (Å²) in [4.78, 5) is 18.7. The van der Waals surface area contributed by atoms with Crippen molar-refractivity contribution in [2.75, 3.05) is 17.7 Å².